The van der Waals surface area contributed by atoms with Crippen LogP contribution in [-0.2, 0) is 28.7 Å². The van der Waals surface area contributed by atoms with Crippen LogP contribution in [0.15, 0.2) is 0 Å². The molecule has 0 aliphatic carbocycles. The Morgan fingerprint density at radius 3 is 1.30 bits per heavy atom. The lowest BCUT2D eigenvalue weighted by molar-refractivity contribution is -0.142. The fourth-order valence-corrected chi connectivity index (χ4v) is 7.79. The van der Waals surface area contributed by atoms with Gasteiger partial charge in [-0.3, -0.25) is 19.2 Å². The third-order valence-corrected chi connectivity index (χ3v) is 11.5. The van der Waals surface area contributed by atoms with Crippen LogP contribution < -0.4 is 16.0 Å². The molecule has 360 valence electrons. The molecule has 0 aromatic heterocycles. The SMILES string of the molecule is CCCCCCCCCCCCCCCC(=O)NCC(=O)NCCOCCOCCNC(=O)C(C(C)C)N(CCCN(C)C)C(=O)CCCCCCCCCCCCCCC. The van der Waals surface area contributed by atoms with Crippen LogP contribution >= 0.6 is 0 Å². The first kappa shape index (κ1) is 58.8. The molecule has 11 heteroatoms. The highest BCUT2D eigenvalue weighted by molar-refractivity contribution is 5.88. The number of unbranched alkanes of at least 4 members (excludes halogenated alkanes) is 24. The van der Waals surface area contributed by atoms with Crippen molar-refractivity contribution < 1.29 is 28.7 Å². The zero-order valence-electron chi connectivity index (χ0n) is 40.9. The number of nitrogens with one attached hydrogen (secondary N) is 3. The van der Waals surface area contributed by atoms with Crippen molar-refractivity contribution in [1.82, 2.24) is 25.8 Å². The molecule has 1 atom stereocenters. The van der Waals surface area contributed by atoms with E-state index in [9.17, 15) is 19.2 Å². The van der Waals surface area contributed by atoms with Crippen LogP contribution in [0.4, 0.5) is 0 Å². The van der Waals surface area contributed by atoms with Crippen LogP contribution in [0.3, 0.4) is 0 Å². The molecule has 4 amide bonds. The fourth-order valence-electron chi connectivity index (χ4n) is 7.79. The van der Waals surface area contributed by atoms with Crippen molar-refractivity contribution in [3.63, 3.8) is 0 Å². The fraction of sp³-hybridized carbons (Fsp3) is 0.920. The van der Waals surface area contributed by atoms with E-state index < -0.39 is 6.04 Å². The van der Waals surface area contributed by atoms with Gasteiger partial charge in [-0.15, -0.1) is 0 Å². The highest BCUT2D eigenvalue weighted by atomic mass is 16.5. The first-order chi connectivity index (χ1) is 29.6. The Morgan fingerprint density at radius 1 is 0.459 bits per heavy atom. The van der Waals surface area contributed by atoms with E-state index >= 15 is 0 Å². The van der Waals surface area contributed by atoms with Crippen molar-refractivity contribution in [2.24, 2.45) is 5.92 Å². The molecule has 1 unspecified atom stereocenters. The van der Waals surface area contributed by atoms with Crippen molar-refractivity contribution in [2.45, 2.75) is 220 Å². The van der Waals surface area contributed by atoms with E-state index in [0.29, 0.717) is 58.9 Å². The average Bonchev–Trinajstić information content (AvgIpc) is 3.23. The first-order valence-electron chi connectivity index (χ1n) is 25.5. The number of rotatable bonds is 46. The van der Waals surface area contributed by atoms with Gasteiger partial charge in [-0.2, -0.15) is 0 Å². The zero-order valence-corrected chi connectivity index (χ0v) is 40.9. The maximum absolute atomic E-state index is 13.6. The molecule has 0 radical (unpaired) electrons. The molecule has 11 nitrogen and oxygen atoms in total. The minimum Gasteiger partial charge on any atom is -0.377 e. The number of hydrogen-bond donors (Lipinski definition) is 3. The molecule has 0 aromatic rings. The number of nitrogens with zero attached hydrogens (tertiary/aromatic N) is 2. The molecule has 0 aromatic carbocycles. The Bertz CT molecular complexity index is 1030. The third kappa shape index (κ3) is 39.1. The molecule has 0 rings (SSSR count). The van der Waals surface area contributed by atoms with Gasteiger partial charge in [0.1, 0.15) is 6.04 Å². The Kier molecular flexibility index (Phi) is 42.7. The first-order valence-corrected chi connectivity index (χ1v) is 25.5. The van der Waals surface area contributed by atoms with Gasteiger partial charge in [0.2, 0.25) is 23.6 Å². The van der Waals surface area contributed by atoms with E-state index in [4.69, 9.17) is 9.47 Å². The minimum atomic E-state index is -0.521. The van der Waals surface area contributed by atoms with Crippen LogP contribution in [0.1, 0.15) is 214 Å². The summed E-state index contributed by atoms with van der Waals surface area (Å²) in [6.45, 7) is 12.0. The third-order valence-electron chi connectivity index (χ3n) is 11.5. The minimum absolute atomic E-state index is 0.0186. The number of hydrogen-bond acceptors (Lipinski definition) is 7. The van der Waals surface area contributed by atoms with E-state index in [1.807, 2.05) is 32.8 Å². The molecule has 0 saturated heterocycles. The van der Waals surface area contributed by atoms with E-state index in [1.54, 1.807) is 0 Å². The van der Waals surface area contributed by atoms with Gasteiger partial charge in [-0.1, -0.05) is 182 Å². The Balaban J connectivity index is 4.13. The largest absolute Gasteiger partial charge is 0.377 e. The summed E-state index contributed by atoms with van der Waals surface area (Å²) in [5.74, 6) is -0.384. The molecule has 0 aliphatic heterocycles. The molecule has 0 bridgehead atoms. The maximum atomic E-state index is 13.6. The van der Waals surface area contributed by atoms with Crippen molar-refractivity contribution in [3.05, 3.63) is 0 Å². The van der Waals surface area contributed by atoms with Gasteiger partial charge in [-0.25, -0.2) is 0 Å². The van der Waals surface area contributed by atoms with E-state index in [-0.39, 0.29) is 36.1 Å². The van der Waals surface area contributed by atoms with Gasteiger partial charge in [0.15, 0.2) is 0 Å². The Labute approximate surface area is 376 Å². The second-order valence-electron chi connectivity index (χ2n) is 18.1. The zero-order chi connectivity index (χ0) is 45.0. The van der Waals surface area contributed by atoms with Crippen molar-refractivity contribution in [1.29, 1.82) is 0 Å². The van der Waals surface area contributed by atoms with E-state index in [1.165, 1.54) is 141 Å². The molecule has 3 N–H and O–H groups in total. The highest BCUT2D eigenvalue weighted by Gasteiger charge is 2.31. The summed E-state index contributed by atoms with van der Waals surface area (Å²) in [4.78, 5) is 55.2. The maximum Gasteiger partial charge on any atom is 0.243 e. The lowest BCUT2D eigenvalue weighted by atomic mass is 9.99. The van der Waals surface area contributed by atoms with Crippen molar-refractivity contribution in [3.8, 4) is 0 Å². The molecule has 0 spiro atoms. The quantitative estimate of drug-likeness (QED) is 0.0520. The normalized spacial score (nSPS) is 11.9. The summed E-state index contributed by atoms with van der Waals surface area (Å²) in [6.07, 6.45) is 34.7. The average molecular weight is 866 g/mol. The Hall–Kier alpha value is -2.24. The van der Waals surface area contributed by atoms with Crippen molar-refractivity contribution in [2.75, 3.05) is 73.2 Å². The van der Waals surface area contributed by atoms with Crippen molar-refractivity contribution >= 4 is 23.6 Å². The lowest BCUT2D eigenvalue weighted by Crippen LogP contribution is -2.53. The number of carbonyl (C=O) groups excluding carboxylic acids is 4. The monoisotopic (exact) mass is 866 g/mol. The second-order valence-corrected chi connectivity index (χ2v) is 18.1. The van der Waals surface area contributed by atoms with Gasteiger partial charge in [0, 0.05) is 32.5 Å². The molecule has 0 saturated carbocycles. The lowest BCUT2D eigenvalue weighted by Gasteiger charge is -2.34. The predicted molar refractivity (Wildman–Crippen MR) is 255 cm³/mol. The molecule has 0 heterocycles. The van der Waals surface area contributed by atoms with Crippen LogP contribution in [0.5, 0.6) is 0 Å². The van der Waals surface area contributed by atoms with Crippen LogP contribution in [0.2, 0.25) is 0 Å². The van der Waals surface area contributed by atoms with Gasteiger partial charge in [0.25, 0.3) is 0 Å². The summed E-state index contributed by atoms with van der Waals surface area (Å²) in [7, 11) is 4.06. The summed E-state index contributed by atoms with van der Waals surface area (Å²) < 4.78 is 11.2. The standard InChI is InChI=1S/C50H99N5O6/c1-7-9-11-13-15-17-19-21-23-25-27-29-31-34-46(56)53-44-47(57)51-36-40-60-42-43-61-41-37-52-50(59)49(45(3)4)55(39-33-38-54(5)6)48(58)35-32-30-28-26-24-22-20-18-16-14-12-10-8-2/h45,49H,7-44H2,1-6H3,(H,51,57)(H,52,59)(H,53,56). The number of ether oxygens (including phenoxy) is 2. The van der Waals surface area contributed by atoms with Gasteiger partial charge in [0.05, 0.1) is 33.0 Å². The summed E-state index contributed by atoms with van der Waals surface area (Å²) in [5.41, 5.74) is 0. The number of carbonyl (C=O) groups is 4. The molecule has 0 fully saturated rings. The van der Waals surface area contributed by atoms with Crippen LogP contribution in [-0.4, -0.2) is 113 Å². The summed E-state index contributed by atoms with van der Waals surface area (Å²) in [5, 5.41) is 8.49. The summed E-state index contributed by atoms with van der Waals surface area (Å²) >= 11 is 0. The van der Waals surface area contributed by atoms with E-state index in [2.05, 4.69) is 34.7 Å². The van der Waals surface area contributed by atoms with Crippen LogP contribution in [0.25, 0.3) is 0 Å². The van der Waals surface area contributed by atoms with E-state index in [0.717, 1.165) is 38.6 Å². The Morgan fingerprint density at radius 2 is 0.869 bits per heavy atom. The molecular formula is C50H99N5O6. The molecular weight excluding hydrogens is 767 g/mol. The molecule has 0 aliphatic rings. The highest BCUT2D eigenvalue weighted by Crippen LogP contribution is 2.18. The smallest absolute Gasteiger partial charge is 0.243 e. The second kappa shape index (κ2) is 44.4. The number of amides is 4. The predicted octanol–water partition coefficient (Wildman–Crippen LogP) is 10.1. The topological polar surface area (TPSA) is 129 Å². The van der Waals surface area contributed by atoms with Crippen LogP contribution in [0, 0.1) is 5.92 Å². The summed E-state index contributed by atoms with van der Waals surface area (Å²) in [6, 6.07) is -0.521. The van der Waals surface area contributed by atoms with Gasteiger partial charge in [-0.05, 0) is 45.8 Å². The molecule has 61 heavy (non-hydrogen) atoms. The van der Waals surface area contributed by atoms with Gasteiger partial charge < -0.3 is 35.2 Å². The van der Waals surface area contributed by atoms with Gasteiger partial charge >= 0.3 is 0 Å².